The number of nitrogens with two attached hydrogens (primary N) is 1. The van der Waals surface area contributed by atoms with Gasteiger partial charge in [-0.1, -0.05) is 20.3 Å². The minimum Gasteiger partial charge on any atom is -0.468 e. The lowest BCUT2D eigenvalue weighted by Gasteiger charge is -1.87. The van der Waals surface area contributed by atoms with E-state index < -0.39 is 0 Å². The smallest absolute Gasteiger partial charge is 0.319 e. The number of esters is 1. The van der Waals surface area contributed by atoms with Crippen LogP contribution in [0.1, 0.15) is 20.3 Å². The van der Waals surface area contributed by atoms with Gasteiger partial charge in [0, 0.05) is 0 Å². The second-order valence-electron chi connectivity index (χ2n) is 1.49. The third-order valence-electron chi connectivity index (χ3n) is 0.394. The maximum Gasteiger partial charge on any atom is 0.319 e. The molecule has 0 heterocycles. The van der Waals surface area contributed by atoms with Crippen molar-refractivity contribution in [1.29, 1.82) is 0 Å². The highest BCUT2D eigenvalue weighted by atomic mass is 16.5. The molecule has 0 radical (unpaired) electrons. The van der Waals surface area contributed by atoms with Gasteiger partial charge in [0.25, 0.3) is 0 Å². The minimum atomic E-state index is -0.380. The molecule has 0 aromatic rings. The monoisotopic (exact) mass is 133 g/mol. The van der Waals surface area contributed by atoms with Crippen molar-refractivity contribution in [2.24, 2.45) is 5.73 Å². The van der Waals surface area contributed by atoms with E-state index in [0.717, 1.165) is 0 Å². The molecule has 0 unspecified atom stereocenters. The minimum absolute atomic E-state index is 0.0312. The van der Waals surface area contributed by atoms with E-state index in [1.54, 1.807) is 0 Å². The van der Waals surface area contributed by atoms with Gasteiger partial charge in [0.15, 0.2) is 0 Å². The van der Waals surface area contributed by atoms with Crippen molar-refractivity contribution in [3.05, 3.63) is 0 Å². The maximum atomic E-state index is 9.83. The molecule has 0 spiro atoms. The number of carbonyl (C=O) groups excluding carboxylic acids is 1. The fourth-order valence-electron chi connectivity index (χ4n) is 0.0833. The van der Waals surface area contributed by atoms with E-state index in [0.29, 0.717) is 0 Å². The summed E-state index contributed by atoms with van der Waals surface area (Å²) in [5.41, 5.74) is 4.81. The highest BCUT2D eigenvalue weighted by Crippen LogP contribution is 1.61. The fraction of sp³-hybridized carbons (Fsp3) is 0.833. The van der Waals surface area contributed by atoms with Crippen LogP contribution in [0.3, 0.4) is 0 Å². The third kappa shape index (κ3) is 18.6. The van der Waals surface area contributed by atoms with Crippen LogP contribution < -0.4 is 5.73 Å². The Kier molecular flexibility index (Phi) is 13.0. The van der Waals surface area contributed by atoms with Gasteiger partial charge >= 0.3 is 5.97 Å². The van der Waals surface area contributed by atoms with Crippen molar-refractivity contribution in [2.75, 3.05) is 13.7 Å². The van der Waals surface area contributed by atoms with Gasteiger partial charge < -0.3 is 10.5 Å². The lowest BCUT2D eigenvalue weighted by atomic mass is 10.6. The highest BCUT2D eigenvalue weighted by molar-refractivity contribution is 5.70. The van der Waals surface area contributed by atoms with E-state index in [-0.39, 0.29) is 12.5 Å². The fourth-order valence-corrected chi connectivity index (χ4v) is 0.0833. The van der Waals surface area contributed by atoms with Crippen molar-refractivity contribution in [1.82, 2.24) is 0 Å². The van der Waals surface area contributed by atoms with Crippen LogP contribution in [-0.4, -0.2) is 19.6 Å². The Bertz CT molecular complexity index is 58.1. The van der Waals surface area contributed by atoms with Crippen LogP contribution in [0.4, 0.5) is 0 Å². The Balaban J connectivity index is 0. The molecule has 0 bridgehead atoms. The molecule has 0 aliphatic carbocycles. The summed E-state index contributed by atoms with van der Waals surface area (Å²) in [7, 11) is 1.30. The molecule has 0 fully saturated rings. The lowest BCUT2D eigenvalue weighted by Crippen LogP contribution is -2.14. The number of hydrogen-bond donors (Lipinski definition) is 1. The zero-order chi connectivity index (χ0) is 7.70. The van der Waals surface area contributed by atoms with Crippen LogP contribution in [0.2, 0.25) is 0 Å². The Hall–Kier alpha value is -0.570. The molecule has 9 heavy (non-hydrogen) atoms. The zero-order valence-corrected chi connectivity index (χ0v) is 6.31. The normalized spacial score (nSPS) is 7.11. The van der Waals surface area contributed by atoms with Gasteiger partial charge in [0.1, 0.15) is 0 Å². The quantitative estimate of drug-likeness (QED) is 0.531. The molecule has 0 saturated carbocycles. The van der Waals surface area contributed by atoms with Crippen LogP contribution in [0.25, 0.3) is 0 Å². The van der Waals surface area contributed by atoms with Crippen molar-refractivity contribution in [2.45, 2.75) is 20.3 Å². The van der Waals surface area contributed by atoms with E-state index in [1.165, 1.54) is 13.5 Å². The van der Waals surface area contributed by atoms with Gasteiger partial charge in [-0.2, -0.15) is 0 Å². The van der Waals surface area contributed by atoms with Gasteiger partial charge in [0.05, 0.1) is 13.7 Å². The first-order chi connectivity index (χ1) is 4.22. The number of carbonyl (C=O) groups is 1. The molecule has 56 valence electrons. The van der Waals surface area contributed by atoms with Crippen molar-refractivity contribution in [3.8, 4) is 0 Å². The summed E-state index contributed by atoms with van der Waals surface area (Å²) < 4.78 is 4.14. The Labute approximate surface area is 56.2 Å². The molecule has 0 aliphatic rings. The summed E-state index contributed by atoms with van der Waals surface area (Å²) in [6.07, 6.45) is 1.25. The molecule has 3 nitrogen and oxygen atoms in total. The number of rotatable bonds is 1. The molecular formula is C6H15NO2. The van der Waals surface area contributed by atoms with Crippen molar-refractivity contribution in [3.63, 3.8) is 0 Å². The van der Waals surface area contributed by atoms with Gasteiger partial charge in [-0.15, -0.1) is 0 Å². The van der Waals surface area contributed by atoms with Crippen LogP contribution in [0, 0.1) is 0 Å². The summed E-state index contributed by atoms with van der Waals surface area (Å²) in [6.45, 7) is 4.22. The largest absolute Gasteiger partial charge is 0.468 e. The average molecular weight is 133 g/mol. The second kappa shape index (κ2) is 10.4. The van der Waals surface area contributed by atoms with Gasteiger partial charge in [-0.25, -0.2) is 0 Å². The molecule has 0 saturated heterocycles. The second-order valence-corrected chi connectivity index (χ2v) is 1.49. The summed E-state index contributed by atoms with van der Waals surface area (Å²) >= 11 is 0. The van der Waals surface area contributed by atoms with Gasteiger partial charge in [-0.05, 0) is 0 Å². The first kappa shape index (κ1) is 11.3. The summed E-state index contributed by atoms with van der Waals surface area (Å²) in [6, 6.07) is 0. The summed E-state index contributed by atoms with van der Waals surface area (Å²) in [5.74, 6) is -0.380. The van der Waals surface area contributed by atoms with E-state index in [4.69, 9.17) is 5.73 Å². The number of methoxy groups -OCH3 is 1. The first-order valence-corrected chi connectivity index (χ1v) is 2.99. The van der Waals surface area contributed by atoms with E-state index in [9.17, 15) is 4.79 Å². The SMILES string of the molecule is CCC.COC(=O)CN. The lowest BCUT2D eigenvalue weighted by molar-refractivity contribution is -0.138. The first-order valence-electron chi connectivity index (χ1n) is 2.99. The predicted octanol–water partition coefficient (Wildman–Crippen LogP) is 0.534. The molecule has 0 atom stereocenters. The van der Waals surface area contributed by atoms with Crippen LogP contribution in [-0.2, 0) is 9.53 Å². The topological polar surface area (TPSA) is 52.3 Å². The van der Waals surface area contributed by atoms with Crippen molar-refractivity contribution < 1.29 is 9.53 Å². The molecule has 0 amide bonds. The standard InChI is InChI=1S/C3H7NO2.C3H8/c1-6-3(5)2-4;1-3-2/h2,4H2,1H3;3H2,1-2H3. The predicted molar refractivity (Wildman–Crippen MR) is 37.0 cm³/mol. The van der Waals surface area contributed by atoms with Crippen LogP contribution in [0.5, 0.6) is 0 Å². The van der Waals surface area contributed by atoms with Gasteiger partial charge in [-0.3, -0.25) is 4.79 Å². The third-order valence-corrected chi connectivity index (χ3v) is 0.394. The van der Waals surface area contributed by atoms with E-state index in [2.05, 4.69) is 18.6 Å². The number of ether oxygens (including phenoxy) is 1. The molecule has 0 aromatic heterocycles. The van der Waals surface area contributed by atoms with Gasteiger partial charge in [0.2, 0.25) is 0 Å². The molecule has 0 aliphatic heterocycles. The van der Waals surface area contributed by atoms with E-state index >= 15 is 0 Å². The molecule has 2 N–H and O–H groups in total. The number of hydrogen-bond acceptors (Lipinski definition) is 3. The van der Waals surface area contributed by atoms with Crippen LogP contribution in [0.15, 0.2) is 0 Å². The Morgan fingerprint density at radius 1 is 1.56 bits per heavy atom. The molecule has 0 aromatic carbocycles. The molecular weight excluding hydrogens is 118 g/mol. The molecule has 3 heteroatoms. The van der Waals surface area contributed by atoms with Crippen molar-refractivity contribution >= 4 is 5.97 Å². The van der Waals surface area contributed by atoms with E-state index in [1.807, 2.05) is 0 Å². The van der Waals surface area contributed by atoms with Crippen LogP contribution >= 0.6 is 0 Å². The Morgan fingerprint density at radius 2 is 1.89 bits per heavy atom. The maximum absolute atomic E-state index is 9.83. The zero-order valence-electron chi connectivity index (χ0n) is 6.31. The Morgan fingerprint density at radius 3 is 1.89 bits per heavy atom. The highest BCUT2D eigenvalue weighted by Gasteiger charge is 1.87. The average Bonchev–Trinajstić information content (AvgIpc) is 1.88. The molecule has 0 rings (SSSR count). The summed E-state index contributed by atoms with van der Waals surface area (Å²) in [5, 5.41) is 0. The summed E-state index contributed by atoms with van der Waals surface area (Å²) in [4.78, 5) is 9.83.